The van der Waals surface area contributed by atoms with Gasteiger partial charge in [-0.3, -0.25) is 4.79 Å². The lowest BCUT2D eigenvalue weighted by Gasteiger charge is -2.35. The monoisotopic (exact) mass is 478 g/mol. The van der Waals surface area contributed by atoms with Crippen LogP contribution < -0.4 is 0 Å². The maximum absolute atomic E-state index is 14.0. The summed E-state index contributed by atoms with van der Waals surface area (Å²) in [5.74, 6) is -1.43. The van der Waals surface area contributed by atoms with Gasteiger partial charge in [-0.25, -0.2) is 12.8 Å². The van der Waals surface area contributed by atoms with Gasteiger partial charge in [-0.2, -0.15) is 4.31 Å². The van der Waals surface area contributed by atoms with Gasteiger partial charge >= 0.3 is 5.97 Å². The van der Waals surface area contributed by atoms with Gasteiger partial charge < -0.3 is 9.67 Å². The summed E-state index contributed by atoms with van der Waals surface area (Å²) in [4.78, 5) is 11.8. The maximum Gasteiger partial charge on any atom is 0.323 e. The first-order chi connectivity index (χ1) is 16.2. The van der Waals surface area contributed by atoms with E-state index in [1.807, 2.05) is 38.1 Å². The Labute approximate surface area is 196 Å². The number of carboxylic acid groups (broad SMARTS) is 1. The summed E-state index contributed by atoms with van der Waals surface area (Å²) in [5.41, 5.74) is 2.08. The quantitative estimate of drug-likeness (QED) is 0.453. The molecule has 1 unspecified atom stereocenters. The Hall–Kier alpha value is -3.49. The van der Waals surface area contributed by atoms with Crippen molar-refractivity contribution < 1.29 is 22.7 Å². The molecule has 174 valence electrons. The lowest BCUT2D eigenvalue weighted by molar-refractivity contribution is -0.137. The van der Waals surface area contributed by atoms with Crippen LogP contribution in [0, 0.1) is 12.7 Å². The van der Waals surface area contributed by atoms with Gasteiger partial charge in [-0.1, -0.05) is 48.5 Å². The number of fused-ring (bicyclic) bond motifs is 2. The second kappa shape index (κ2) is 7.78. The Balaban J connectivity index is 1.83. The number of carboxylic acids is 1. The average molecular weight is 479 g/mol. The first-order valence-corrected chi connectivity index (χ1v) is 12.3. The van der Waals surface area contributed by atoms with Crippen molar-refractivity contribution >= 4 is 26.9 Å². The highest BCUT2D eigenvalue weighted by molar-refractivity contribution is 7.89. The molecule has 34 heavy (non-hydrogen) atoms. The van der Waals surface area contributed by atoms with Crippen molar-refractivity contribution in [1.82, 2.24) is 8.87 Å². The van der Waals surface area contributed by atoms with Crippen LogP contribution in [0.25, 0.3) is 10.9 Å². The number of aromatic nitrogens is 1. The van der Waals surface area contributed by atoms with Crippen molar-refractivity contribution in [2.45, 2.75) is 37.4 Å². The molecule has 1 aliphatic rings. The van der Waals surface area contributed by atoms with Gasteiger partial charge in [-0.05, 0) is 49.2 Å². The summed E-state index contributed by atoms with van der Waals surface area (Å²) in [6, 6.07) is 20.2. The summed E-state index contributed by atoms with van der Waals surface area (Å²) in [6.45, 7) is 3.37. The number of hydrogen-bond acceptors (Lipinski definition) is 3. The minimum atomic E-state index is -3.93. The smallest absolute Gasteiger partial charge is 0.323 e. The topological polar surface area (TPSA) is 79.6 Å². The van der Waals surface area contributed by atoms with E-state index in [-0.39, 0.29) is 18.0 Å². The minimum absolute atomic E-state index is 0.0385. The van der Waals surface area contributed by atoms with E-state index < -0.39 is 27.3 Å². The Morgan fingerprint density at radius 3 is 2.47 bits per heavy atom. The molecule has 1 atom stereocenters. The largest absolute Gasteiger partial charge is 0.480 e. The number of sulfonamides is 1. The summed E-state index contributed by atoms with van der Waals surface area (Å²) >= 11 is 0. The molecule has 8 heteroatoms. The highest BCUT2D eigenvalue weighted by Gasteiger charge is 2.53. The normalized spacial score (nSPS) is 19.4. The van der Waals surface area contributed by atoms with Gasteiger partial charge in [-0.15, -0.1) is 0 Å². The molecule has 6 nitrogen and oxygen atoms in total. The average Bonchev–Trinajstić information content (AvgIpc) is 3.16. The third kappa shape index (κ3) is 3.17. The van der Waals surface area contributed by atoms with Gasteiger partial charge in [0.25, 0.3) is 0 Å². The van der Waals surface area contributed by atoms with Crippen LogP contribution in [0.2, 0.25) is 0 Å². The summed E-state index contributed by atoms with van der Waals surface area (Å²) in [5, 5.41) is 10.3. The third-order valence-electron chi connectivity index (χ3n) is 6.70. The first kappa shape index (κ1) is 22.3. The number of carbonyl (C=O) groups is 1. The molecule has 0 amide bonds. The van der Waals surface area contributed by atoms with Crippen LogP contribution in [0.5, 0.6) is 0 Å². The summed E-state index contributed by atoms with van der Waals surface area (Å²) in [7, 11) is -3.93. The fourth-order valence-electron chi connectivity index (χ4n) is 5.28. The van der Waals surface area contributed by atoms with Crippen molar-refractivity contribution in [2.75, 3.05) is 0 Å². The molecule has 0 spiro atoms. The van der Waals surface area contributed by atoms with Crippen LogP contribution in [0.4, 0.5) is 4.39 Å². The van der Waals surface area contributed by atoms with Crippen molar-refractivity contribution in [3.05, 3.63) is 101 Å². The van der Waals surface area contributed by atoms with E-state index in [9.17, 15) is 22.7 Å². The van der Waals surface area contributed by atoms with Gasteiger partial charge in [0, 0.05) is 28.7 Å². The molecule has 1 N–H and O–H groups in total. The highest BCUT2D eigenvalue weighted by Crippen LogP contribution is 2.52. The second-order valence-electron chi connectivity index (χ2n) is 8.67. The second-order valence-corrected chi connectivity index (χ2v) is 10.5. The molecule has 0 bridgehead atoms. The van der Waals surface area contributed by atoms with Crippen molar-refractivity contribution in [3.63, 3.8) is 0 Å². The predicted octanol–water partition coefficient (Wildman–Crippen LogP) is 4.64. The molecular formula is C26H23FN2O4S. The molecule has 2 heterocycles. The third-order valence-corrected chi connectivity index (χ3v) is 8.69. The van der Waals surface area contributed by atoms with E-state index in [0.717, 1.165) is 5.39 Å². The van der Waals surface area contributed by atoms with Crippen molar-refractivity contribution in [3.8, 4) is 0 Å². The molecule has 0 fully saturated rings. The summed E-state index contributed by atoms with van der Waals surface area (Å²) < 4.78 is 44.7. The van der Waals surface area contributed by atoms with E-state index in [0.29, 0.717) is 27.9 Å². The molecule has 0 saturated heterocycles. The van der Waals surface area contributed by atoms with Crippen LogP contribution in [-0.4, -0.2) is 28.4 Å². The fraction of sp³-hybridized carbons (Fsp3) is 0.192. The summed E-state index contributed by atoms with van der Waals surface area (Å²) in [6.07, 6.45) is 0. The number of nitrogens with zero attached hydrogens (tertiary/aromatic N) is 2. The first-order valence-electron chi connectivity index (χ1n) is 10.8. The number of benzene rings is 3. The zero-order chi connectivity index (χ0) is 24.3. The van der Waals surface area contributed by atoms with E-state index in [4.69, 9.17) is 0 Å². The highest BCUT2D eigenvalue weighted by atomic mass is 32.2. The lowest BCUT2D eigenvalue weighted by atomic mass is 9.82. The van der Waals surface area contributed by atoms with Crippen molar-refractivity contribution in [1.29, 1.82) is 0 Å². The van der Waals surface area contributed by atoms with E-state index >= 15 is 0 Å². The standard InChI is InChI=1S/C26H23FN2O4S/c1-17-25(20-10-3-5-12-22(20)28(17)16-24(30)31)26(2)21-11-4-6-13-23(21)34(32,33)29(26)15-18-8-7-9-19(27)14-18/h3-14H,15-16H2,1-2H3,(H,30,31). The van der Waals surface area contributed by atoms with E-state index in [1.165, 1.54) is 16.4 Å². The number of halogens is 1. The molecule has 0 aliphatic carbocycles. The Kier molecular flexibility index (Phi) is 5.11. The van der Waals surface area contributed by atoms with Crippen LogP contribution in [0.15, 0.2) is 77.7 Å². The van der Waals surface area contributed by atoms with E-state index in [1.54, 1.807) is 41.0 Å². The molecular weight excluding hydrogens is 455 g/mol. The van der Waals surface area contributed by atoms with Crippen LogP contribution in [0.1, 0.15) is 29.3 Å². The predicted molar refractivity (Wildman–Crippen MR) is 126 cm³/mol. The van der Waals surface area contributed by atoms with Gasteiger partial charge in [0.15, 0.2) is 0 Å². The van der Waals surface area contributed by atoms with Gasteiger partial charge in [0.05, 0.1) is 10.4 Å². The minimum Gasteiger partial charge on any atom is -0.480 e. The Morgan fingerprint density at radius 2 is 1.74 bits per heavy atom. The number of hydrogen-bond donors (Lipinski definition) is 1. The van der Waals surface area contributed by atoms with Crippen LogP contribution >= 0.6 is 0 Å². The Morgan fingerprint density at radius 1 is 1.03 bits per heavy atom. The molecule has 1 aliphatic heterocycles. The molecule has 4 aromatic rings. The molecule has 0 saturated carbocycles. The SMILES string of the molecule is Cc1c(C2(C)c3ccccc3S(=O)(=O)N2Cc2cccc(F)c2)c2ccccc2n1CC(=O)O. The molecule has 5 rings (SSSR count). The van der Waals surface area contributed by atoms with Crippen LogP contribution in [-0.2, 0) is 33.4 Å². The molecule has 3 aromatic carbocycles. The molecule has 1 aromatic heterocycles. The number of rotatable bonds is 5. The lowest BCUT2D eigenvalue weighted by Crippen LogP contribution is -2.42. The Bertz CT molecular complexity index is 1560. The van der Waals surface area contributed by atoms with Gasteiger partial charge in [0.1, 0.15) is 12.4 Å². The van der Waals surface area contributed by atoms with E-state index in [2.05, 4.69) is 0 Å². The maximum atomic E-state index is 14.0. The van der Waals surface area contributed by atoms with Crippen molar-refractivity contribution in [2.24, 2.45) is 0 Å². The number of aliphatic carboxylic acids is 1. The zero-order valence-electron chi connectivity index (χ0n) is 18.7. The van der Waals surface area contributed by atoms with Crippen LogP contribution in [0.3, 0.4) is 0 Å². The molecule has 0 radical (unpaired) electrons. The zero-order valence-corrected chi connectivity index (χ0v) is 19.5. The fourth-order valence-corrected chi connectivity index (χ4v) is 7.30. The number of para-hydroxylation sites is 1. The van der Waals surface area contributed by atoms with Gasteiger partial charge in [0.2, 0.25) is 10.0 Å².